The van der Waals surface area contributed by atoms with Gasteiger partial charge in [-0.1, -0.05) is 0 Å². The lowest BCUT2D eigenvalue weighted by Gasteiger charge is -2.15. The van der Waals surface area contributed by atoms with E-state index in [4.69, 9.17) is 5.84 Å². The van der Waals surface area contributed by atoms with Gasteiger partial charge >= 0.3 is 0 Å². The summed E-state index contributed by atoms with van der Waals surface area (Å²) in [7, 11) is 0. The second-order valence-electron chi connectivity index (χ2n) is 4.06. The first kappa shape index (κ1) is 12.3. The van der Waals surface area contributed by atoms with Gasteiger partial charge in [0, 0.05) is 22.5 Å². The van der Waals surface area contributed by atoms with Crippen LogP contribution in [0.2, 0.25) is 0 Å². The highest BCUT2D eigenvalue weighted by Gasteiger charge is 2.18. The molecule has 17 heavy (non-hydrogen) atoms. The molecule has 2 aromatic heterocycles. The van der Waals surface area contributed by atoms with E-state index in [1.807, 2.05) is 16.9 Å². The second-order valence-corrected chi connectivity index (χ2v) is 5.35. The molecule has 0 aliphatic carbocycles. The van der Waals surface area contributed by atoms with Crippen LogP contribution in [-0.2, 0) is 6.54 Å². The van der Waals surface area contributed by atoms with Crippen molar-refractivity contribution < 1.29 is 0 Å². The third-order valence-corrected chi connectivity index (χ3v) is 4.20. The van der Waals surface area contributed by atoms with Gasteiger partial charge in [-0.3, -0.25) is 10.5 Å². The van der Waals surface area contributed by atoms with Gasteiger partial charge in [0.05, 0.1) is 11.7 Å². The van der Waals surface area contributed by atoms with Gasteiger partial charge in [-0.15, -0.1) is 11.3 Å². The maximum atomic E-state index is 5.69. The van der Waals surface area contributed by atoms with Crippen molar-refractivity contribution in [1.82, 2.24) is 15.2 Å². The Morgan fingerprint density at radius 1 is 1.53 bits per heavy atom. The third kappa shape index (κ3) is 2.26. The first-order chi connectivity index (χ1) is 8.17. The Labute approximate surface area is 105 Å². The molecular formula is C12H18N4S. The van der Waals surface area contributed by atoms with Crippen LogP contribution in [0.1, 0.15) is 34.0 Å². The molecule has 0 aromatic carbocycles. The fraction of sp³-hybridized carbons (Fsp3) is 0.417. The highest BCUT2D eigenvalue weighted by molar-refractivity contribution is 7.12. The molecule has 0 aliphatic rings. The monoisotopic (exact) mass is 250 g/mol. The average Bonchev–Trinajstić information content (AvgIpc) is 2.89. The molecule has 4 nitrogen and oxygen atoms in total. The lowest BCUT2D eigenvalue weighted by atomic mass is 10.1. The predicted octanol–water partition coefficient (Wildman–Crippen LogP) is 2.13. The third-order valence-electron chi connectivity index (χ3n) is 2.98. The number of aryl methyl sites for hydroxylation is 3. The number of hydrazine groups is 1. The number of aromatic nitrogens is 2. The van der Waals surface area contributed by atoms with E-state index in [0.717, 1.165) is 12.2 Å². The molecule has 2 rings (SSSR count). The van der Waals surface area contributed by atoms with Gasteiger partial charge < -0.3 is 0 Å². The van der Waals surface area contributed by atoms with E-state index >= 15 is 0 Å². The number of nitrogens with two attached hydrogens (primary N) is 1. The van der Waals surface area contributed by atoms with Gasteiger partial charge in [0.15, 0.2) is 0 Å². The summed E-state index contributed by atoms with van der Waals surface area (Å²) in [5, 5.41) is 4.28. The van der Waals surface area contributed by atoms with Crippen molar-refractivity contribution in [3.63, 3.8) is 0 Å². The number of nitrogens with one attached hydrogen (secondary N) is 1. The largest absolute Gasteiger partial charge is 0.270 e. The Hall–Kier alpha value is -1.17. The van der Waals surface area contributed by atoms with Crippen molar-refractivity contribution in [3.05, 3.63) is 39.3 Å². The first-order valence-corrected chi connectivity index (χ1v) is 6.53. The van der Waals surface area contributed by atoms with Crippen LogP contribution < -0.4 is 11.3 Å². The van der Waals surface area contributed by atoms with E-state index in [0.29, 0.717) is 0 Å². The smallest absolute Gasteiger partial charge is 0.0970 e. The fourth-order valence-corrected chi connectivity index (χ4v) is 3.03. The Morgan fingerprint density at radius 3 is 2.82 bits per heavy atom. The summed E-state index contributed by atoms with van der Waals surface area (Å²) in [6.45, 7) is 7.19. The van der Waals surface area contributed by atoms with Crippen LogP contribution >= 0.6 is 11.3 Å². The SMILES string of the molecule is CCn1nccc1C(NN)c1cc(C)c(C)s1. The van der Waals surface area contributed by atoms with Crippen molar-refractivity contribution in [2.75, 3.05) is 0 Å². The van der Waals surface area contributed by atoms with Crippen LogP contribution in [0, 0.1) is 13.8 Å². The molecule has 1 atom stereocenters. The van der Waals surface area contributed by atoms with E-state index in [-0.39, 0.29) is 6.04 Å². The van der Waals surface area contributed by atoms with Crippen molar-refractivity contribution in [2.24, 2.45) is 5.84 Å². The topological polar surface area (TPSA) is 55.9 Å². The maximum absolute atomic E-state index is 5.69. The van der Waals surface area contributed by atoms with Gasteiger partial charge in [-0.25, -0.2) is 5.43 Å². The number of hydrogen-bond donors (Lipinski definition) is 2. The summed E-state index contributed by atoms with van der Waals surface area (Å²) in [6, 6.07) is 4.23. The molecule has 2 aromatic rings. The summed E-state index contributed by atoms with van der Waals surface area (Å²) in [6.07, 6.45) is 1.82. The zero-order chi connectivity index (χ0) is 12.4. The molecule has 92 valence electrons. The standard InChI is InChI=1S/C12H18N4S/c1-4-16-10(5-6-14-16)12(15-13)11-7-8(2)9(3)17-11/h5-7,12,15H,4,13H2,1-3H3. The van der Waals surface area contributed by atoms with Crippen LogP contribution in [0.4, 0.5) is 0 Å². The van der Waals surface area contributed by atoms with Gasteiger partial charge in [0.1, 0.15) is 0 Å². The molecule has 1 unspecified atom stereocenters. The molecule has 0 fully saturated rings. The molecule has 0 aliphatic heterocycles. The van der Waals surface area contributed by atoms with Crippen molar-refractivity contribution in [1.29, 1.82) is 0 Å². The molecule has 0 amide bonds. The van der Waals surface area contributed by atoms with Crippen LogP contribution in [0.15, 0.2) is 18.3 Å². The molecule has 2 heterocycles. The van der Waals surface area contributed by atoms with Crippen molar-refractivity contribution >= 4 is 11.3 Å². The summed E-state index contributed by atoms with van der Waals surface area (Å²) in [5.41, 5.74) is 5.31. The lowest BCUT2D eigenvalue weighted by Crippen LogP contribution is -2.30. The fourth-order valence-electron chi connectivity index (χ4n) is 1.91. The maximum Gasteiger partial charge on any atom is 0.0970 e. The van der Waals surface area contributed by atoms with E-state index in [1.54, 1.807) is 11.3 Å². The van der Waals surface area contributed by atoms with Crippen molar-refractivity contribution in [3.8, 4) is 0 Å². The van der Waals surface area contributed by atoms with E-state index in [2.05, 4.69) is 37.4 Å². The first-order valence-electron chi connectivity index (χ1n) is 5.72. The zero-order valence-electron chi connectivity index (χ0n) is 10.4. The molecule has 5 heteroatoms. The minimum Gasteiger partial charge on any atom is -0.270 e. The van der Waals surface area contributed by atoms with Crippen LogP contribution in [0.5, 0.6) is 0 Å². The van der Waals surface area contributed by atoms with Gasteiger partial charge in [-0.05, 0) is 38.5 Å². The molecule has 3 N–H and O–H groups in total. The number of rotatable bonds is 4. The van der Waals surface area contributed by atoms with E-state index in [9.17, 15) is 0 Å². The molecule has 0 spiro atoms. The Bertz CT molecular complexity index is 481. The summed E-state index contributed by atoms with van der Waals surface area (Å²) in [4.78, 5) is 2.57. The van der Waals surface area contributed by atoms with Gasteiger partial charge in [0.2, 0.25) is 0 Å². The summed E-state index contributed by atoms with van der Waals surface area (Å²) >= 11 is 1.78. The summed E-state index contributed by atoms with van der Waals surface area (Å²) in [5.74, 6) is 5.69. The van der Waals surface area contributed by atoms with Crippen molar-refractivity contribution in [2.45, 2.75) is 33.4 Å². The number of thiophene rings is 1. The van der Waals surface area contributed by atoms with E-state index in [1.165, 1.54) is 15.3 Å². The van der Waals surface area contributed by atoms with Crippen LogP contribution in [0.25, 0.3) is 0 Å². The minimum atomic E-state index is 0.0230. The molecule has 0 bridgehead atoms. The Balaban J connectivity index is 2.40. The quantitative estimate of drug-likeness (QED) is 0.645. The molecule has 0 radical (unpaired) electrons. The molecular weight excluding hydrogens is 232 g/mol. The average molecular weight is 250 g/mol. The number of hydrogen-bond acceptors (Lipinski definition) is 4. The normalized spacial score (nSPS) is 12.9. The van der Waals surface area contributed by atoms with E-state index < -0.39 is 0 Å². The zero-order valence-corrected chi connectivity index (χ0v) is 11.2. The molecule has 0 saturated carbocycles. The minimum absolute atomic E-state index is 0.0230. The second kappa shape index (κ2) is 5.00. The van der Waals surface area contributed by atoms with Crippen LogP contribution in [0.3, 0.4) is 0 Å². The highest BCUT2D eigenvalue weighted by Crippen LogP contribution is 2.30. The Kier molecular flexibility index (Phi) is 3.61. The highest BCUT2D eigenvalue weighted by atomic mass is 32.1. The Morgan fingerprint density at radius 2 is 2.29 bits per heavy atom. The summed E-state index contributed by atoms with van der Waals surface area (Å²) < 4.78 is 1.97. The van der Waals surface area contributed by atoms with Gasteiger partial charge in [0.25, 0.3) is 0 Å². The lowest BCUT2D eigenvalue weighted by molar-refractivity contribution is 0.548. The molecule has 0 saturated heterocycles. The number of nitrogens with zero attached hydrogens (tertiary/aromatic N) is 2. The van der Waals surface area contributed by atoms with Gasteiger partial charge in [-0.2, -0.15) is 5.10 Å². The predicted molar refractivity (Wildman–Crippen MR) is 70.9 cm³/mol. The van der Waals surface area contributed by atoms with Crippen LogP contribution in [-0.4, -0.2) is 9.78 Å².